The number of hydrogen-bond donors (Lipinski definition) is 0. The molecule has 0 aliphatic heterocycles. The Morgan fingerprint density at radius 2 is 2.14 bits per heavy atom. The minimum absolute atomic E-state index is 0.0152. The molecular weight excluding hydrogens is 274 g/mol. The van der Waals surface area contributed by atoms with E-state index in [0.717, 1.165) is 5.56 Å². The summed E-state index contributed by atoms with van der Waals surface area (Å²) in [4.78, 5) is 10.4. The molecular formula is C14H11N3O4. The number of nitriles is 1. The third kappa shape index (κ3) is 3.45. The molecule has 0 atom stereocenters. The molecule has 0 aliphatic rings. The van der Waals surface area contributed by atoms with Gasteiger partial charge in [-0.25, -0.2) is 0 Å². The highest BCUT2D eigenvalue weighted by Crippen LogP contribution is 2.24. The molecule has 0 radical (unpaired) electrons. The summed E-state index contributed by atoms with van der Waals surface area (Å²) in [5, 5.41) is 22.9. The van der Waals surface area contributed by atoms with Gasteiger partial charge in [0, 0.05) is 0 Å². The number of aromatic nitrogens is 1. The summed E-state index contributed by atoms with van der Waals surface area (Å²) in [6.45, 7) is 1.50. The fourth-order valence-corrected chi connectivity index (χ4v) is 1.68. The topological polar surface area (TPSA) is 102 Å². The van der Waals surface area contributed by atoms with Crippen molar-refractivity contribution in [1.29, 1.82) is 5.26 Å². The third-order valence-corrected chi connectivity index (χ3v) is 2.65. The Morgan fingerprint density at radius 1 is 1.43 bits per heavy atom. The number of nitrogens with zero attached hydrogens (tertiary/aromatic N) is 3. The van der Waals surface area contributed by atoms with Gasteiger partial charge in [0.05, 0.1) is 4.92 Å². The van der Waals surface area contributed by atoms with E-state index in [-0.39, 0.29) is 23.7 Å². The number of nitro groups is 1. The first-order chi connectivity index (χ1) is 10.1. The average molecular weight is 285 g/mol. The number of benzene rings is 1. The Hall–Kier alpha value is -3.14. The summed E-state index contributed by atoms with van der Waals surface area (Å²) in [5.41, 5.74) is 0.905. The summed E-state index contributed by atoms with van der Waals surface area (Å²) in [5.74, 6) is 0.678. The Morgan fingerprint density at radius 3 is 2.76 bits per heavy atom. The monoisotopic (exact) mass is 285 g/mol. The highest BCUT2D eigenvalue weighted by atomic mass is 16.6. The van der Waals surface area contributed by atoms with Crippen LogP contribution in [0.1, 0.15) is 17.0 Å². The molecule has 0 saturated carbocycles. The van der Waals surface area contributed by atoms with Crippen molar-refractivity contribution in [1.82, 2.24) is 5.16 Å². The SMILES string of the molecule is Cc1noc(/C=C/c2ccc(OCC#N)cc2)c1[N+](=O)[O-]. The van der Waals surface area contributed by atoms with E-state index in [1.807, 2.05) is 6.07 Å². The molecule has 0 saturated heterocycles. The van der Waals surface area contributed by atoms with Crippen LogP contribution in [0.4, 0.5) is 5.69 Å². The van der Waals surface area contributed by atoms with Gasteiger partial charge in [-0.05, 0) is 30.7 Å². The van der Waals surface area contributed by atoms with Crippen molar-refractivity contribution in [2.45, 2.75) is 6.92 Å². The van der Waals surface area contributed by atoms with E-state index in [9.17, 15) is 10.1 Å². The van der Waals surface area contributed by atoms with Gasteiger partial charge in [-0.15, -0.1) is 0 Å². The molecule has 106 valence electrons. The fourth-order valence-electron chi connectivity index (χ4n) is 1.68. The van der Waals surface area contributed by atoms with Crippen molar-refractivity contribution in [3.8, 4) is 11.8 Å². The lowest BCUT2D eigenvalue weighted by molar-refractivity contribution is -0.386. The van der Waals surface area contributed by atoms with Crippen LogP contribution >= 0.6 is 0 Å². The molecule has 2 aromatic rings. The van der Waals surface area contributed by atoms with Crippen LogP contribution in [0.2, 0.25) is 0 Å². The van der Waals surface area contributed by atoms with Crippen LogP contribution in [-0.4, -0.2) is 16.7 Å². The van der Waals surface area contributed by atoms with E-state index >= 15 is 0 Å². The third-order valence-electron chi connectivity index (χ3n) is 2.65. The lowest BCUT2D eigenvalue weighted by atomic mass is 10.2. The zero-order chi connectivity index (χ0) is 15.2. The Bertz CT molecular complexity index is 711. The van der Waals surface area contributed by atoms with E-state index < -0.39 is 4.92 Å². The molecule has 1 aromatic heterocycles. The van der Waals surface area contributed by atoms with Crippen LogP contribution in [0, 0.1) is 28.4 Å². The predicted molar refractivity (Wildman–Crippen MR) is 74.4 cm³/mol. The maximum atomic E-state index is 10.9. The summed E-state index contributed by atoms with van der Waals surface area (Å²) < 4.78 is 10.0. The van der Waals surface area contributed by atoms with Gasteiger partial charge in [-0.3, -0.25) is 10.1 Å². The van der Waals surface area contributed by atoms with Gasteiger partial charge >= 0.3 is 5.69 Å². The highest BCUT2D eigenvalue weighted by Gasteiger charge is 2.21. The molecule has 1 aromatic carbocycles. The second-order valence-corrected chi connectivity index (χ2v) is 4.09. The van der Waals surface area contributed by atoms with E-state index in [2.05, 4.69) is 5.16 Å². The van der Waals surface area contributed by atoms with Crippen LogP contribution in [0.15, 0.2) is 28.8 Å². The average Bonchev–Trinajstić information content (AvgIpc) is 2.85. The molecule has 7 nitrogen and oxygen atoms in total. The maximum absolute atomic E-state index is 10.9. The molecule has 1 heterocycles. The largest absolute Gasteiger partial charge is 0.479 e. The van der Waals surface area contributed by atoms with Crippen LogP contribution in [-0.2, 0) is 0 Å². The molecule has 0 amide bonds. The second kappa shape index (κ2) is 6.34. The molecule has 0 aliphatic carbocycles. The van der Waals surface area contributed by atoms with Gasteiger partial charge in [0.1, 0.15) is 11.8 Å². The van der Waals surface area contributed by atoms with E-state index in [4.69, 9.17) is 14.5 Å². The van der Waals surface area contributed by atoms with Crippen LogP contribution in [0.3, 0.4) is 0 Å². The standard InChI is InChI=1S/C14H11N3O4/c1-10-14(17(18)19)13(21-16-10)7-4-11-2-5-12(6-3-11)20-9-8-15/h2-7H,9H2,1H3/b7-4+. The van der Waals surface area contributed by atoms with Crippen LogP contribution < -0.4 is 4.74 Å². The van der Waals surface area contributed by atoms with Gasteiger partial charge in [0.15, 0.2) is 12.3 Å². The summed E-state index contributed by atoms with van der Waals surface area (Å²) >= 11 is 0. The van der Waals surface area contributed by atoms with Crippen LogP contribution in [0.25, 0.3) is 12.2 Å². The van der Waals surface area contributed by atoms with Crippen molar-refractivity contribution in [3.63, 3.8) is 0 Å². The first kappa shape index (κ1) is 14.3. The quantitative estimate of drug-likeness (QED) is 0.618. The van der Waals surface area contributed by atoms with Crippen molar-refractivity contribution in [3.05, 3.63) is 51.4 Å². The van der Waals surface area contributed by atoms with Gasteiger partial charge < -0.3 is 9.26 Å². The minimum Gasteiger partial charge on any atom is -0.479 e. The molecule has 21 heavy (non-hydrogen) atoms. The molecule has 2 rings (SSSR count). The molecule has 0 unspecified atom stereocenters. The van der Waals surface area contributed by atoms with Crippen molar-refractivity contribution in [2.75, 3.05) is 6.61 Å². The minimum atomic E-state index is -0.523. The molecule has 7 heteroatoms. The van der Waals surface area contributed by atoms with Crippen LogP contribution in [0.5, 0.6) is 5.75 Å². The second-order valence-electron chi connectivity index (χ2n) is 4.09. The molecule has 0 N–H and O–H groups in total. The van der Waals surface area contributed by atoms with Gasteiger partial charge in [0.2, 0.25) is 5.76 Å². The zero-order valence-corrected chi connectivity index (χ0v) is 11.1. The van der Waals surface area contributed by atoms with Gasteiger partial charge in [-0.1, -0.05) is 23.4 Å². The fraction of sp³-hybridized carbons (Fsp3) is 0.143. The normalized spacial score (nSPS) is 10.5. The number of aryl methyl sites for hydroxylation is 1. The highest BCUT2D eigenvalue weighted by molar-refractivity contribution is 5.71. The Kier molecular flexibility index (Phi) is 4.31. The number of rotatable bonds is 5. The Labute approximate surface area is 120 Å². The number of ether oxygens (including phenoxy) is 1. The van der Waals surface area contributed by atoms with Crippen molar-refractivity contribution < 1.29 is 14.2 Å². The van der Waals surface area contributed by atoms with Gasteiger partial charge in [0.25, 0.3) is 0 Å². The van der Waals surface area contributed by atoms with Gasteiger partial charge in [-0.2, -0.15) is 5.26 Å². The smallest absolute Gasteiger partial charge is 0.338 e. The first-order valence-electron chi connectivity index (χ1n) is 6.00. The van der Waals surface area contributed by atoms with E-state index in [1.165, 1.54) is 13.0 Å². The summed E-state index contributed by atoms with van der Waals surface area (Å²) in [6.07, 6.45) is 3.16. The Balaban J connectivity index is 2.15. The lowest BCUT2D eigenvalue weighted by Crippen LogP contribution is -1.92. The van der Waals surface area contributed by atoms with E-state index in [0.29, 0.717) is 5.75 Å². The van der Waals surface area contributed by atoms with Crippen molar-refractivity contribution >= 4 is 17.8 Å². The zero-order valence-electron chi connectivity index (χ0n) is 11.1. The summed E-state index contributed by atoms with van der Waals surface area (Å²) in [7, 11) is 0. The molecule has 0 fully saturated rings. The maximum Gasteiger partial charge on any atom is 0.338 e. The van der Waals surface area contributed by atoms with Crippen molar-refractivity contribution in [2.24, 2.45) is 0 Å². The lowest BCUT2D eigenvalue weighted by Gasteiger charge is -2.00. The number of hydrogen-bond acceptors (Lipinski definition) is 6. The molecule has 0 spiro atoms. The first-order valence-corrected chi connectivity index (χ1v) is 6.00. The molecule has 0 bridgehead atoms. The predicted octanol–water partition coefficient (Wildman–Crippen LogP) is 2.96. The van der Waals surface area contributed by atoms with E-state index in [1.54, 1.807) is 30.3 Å². The summed E-state index contributed by atoms with van der Waals surface area (Å²) in [6, 6.07) is 8.81.